The number of fused-ring (bicyclic) bond motifs is 1. The topological polar surface area (TPSA) is 98.2 Å². The lowest BCUT2D eigenvalue weighted by molar-refractivity contribution is -0.125. The van der Waals surface area contributed by atoms with E-state index in [0.29, 0.717) is 12.1 Å². The van der Waals surface area contributed by atoms with Gasteiger partial charge in [-0.15, -0.1) is 0 Å². The molecule has 0 spiro atoms. The van der Waals surface area contributed by atoms with Gasteiger partial charge in [0.15, 0.2) is 0 Å². The number of nitrogens with one attached hydrogen (secondary N) is 1. The fraction of sp³-hybridized carbons (Fsp3) is 0.259. The van der Waals surface area contributed by atoms with Crippen LogP contribution in [0.2, 0.25) is 0 Å². The van der Waals surface area contributed by atoms with Gasteiger partial charge in [-0.1, -0.05) is 84.0 Å². The van der Waals surface area contributed by atoms with Crippen molar-refractivity contribution in [1.82, 2.24) is 5.32 Å². The van der Waals surface area contributed by atoms with Crippen molar-refractivity contribution in [3.05, 3.63) is 112 Å². The van der Waals surface area contributed by atoms with E-state index in [4.69, 9.17) is 5.53 Å². The van der Waals surface area contributed by atoms with E-state index in [-0.39, 0.29) is 24.3 Å². The fourth-order valence-corrected chi connectivity index (χ4v) is 4.56. The summed E-state index contributed by atoms with van der Waals surface area (Å²) in [6, 6.07) is 26.2. The Balaban J connectivity index is 1.69. The van der Waals surface area contributed by atoms with Crippen molar-refractivity contribution in [3.8, 4) is 0 Å². The lowest BCUT2D eigenvalue weighted by Gasteiger charge is -2.30. The second-order valence-electron chi connectivity index (χ2n) is 8.94. The number of hydrogen-bond acceptors (Lipinski definition) is 3. The smallest absolute Gasteiger partial charge is 0.240 e. The number of hydrogen-bond donors (Lipinski definition) is 1. The average Bonchev–Trinajstić information content (AvgIpc) is 2.96. The van der Waals surface area contributed by atoms with Crippen LogP contribution in [0, 0.1) is 0 Å². The average molecular weight is 454 g/mol. The maximum absolute atomic E-state index is 13.5. The zero-order chi connectivity index (χ0) is 24.1. The molecule has 2 amide bonds. The molecule has 34 heavy (non-hydrogen) atoms. The molecule has 3 aromatic rings. The molecule has 1 aliphatic rings. The van der Waals surface area contributed by atoms with Gasteiger partial charge in [0.2, 0.25) is 11.8 Å². The van der Waals surface area contributed by atoms with Crippen molar-refractivity contribution in [2.24, 2.45) is 5.11 Å². The van der Waals surface area contributed by atoms with Crippen LogP contribution in [0.1, 0.15) is 42.9 Å². The molecule has 172 valence electrons. The molecule has 0 aromatic heterocycles. The van der Waals surface area contributed by atoms with Crippen LogP contribution in [0.4, 0.5) is 5.69 Å². The minimum atomic E-state index is -0.919. The Morgan fingerprint density at radius 3 is 2.32 bits per heavy atom. The van der Waals surface area contributed by atoms with E-state index in [1.807, 2.05) is 98.8 Å². The summed E-state index contributed by atoms with van der Waals surface area (Å²) in [5, 5.41) is 6.87. The highest BCUT2D eigenvalue weighted by Gasteiger charge is 2.36. The molecule has 0 radical (unpaired) electrons. The summed E-state index contributed by atoms with van der Waals surface area (Å²) < 4.78 is 0. The van der Waals surface area contributed by atoms with Crippen LogP contribution in [0.15, 0.2) is 90.0 Å². The summed E-state index contributed by atoms with van der Waals surface area (Å²) in [5.41, 5.74) is 12.1. The Hall–Kier alpha value is -4.09. The zero-order valence-corrected chi connectivity index (χ0v) is 19.3. The molecular weight excluding hydrogens is 426 g/mol. The third-order valence-corrected chi connectivity index (χ3v) is 6.26. The lowest BCUT2D eigenvalue weighted by atomic mass is 9.86. The van der Waals surface area contributed by atoms with Gasteiger partial charge in [0.25, 0.3) is 0 Å². The summed E-state index contributed by atoms with van der Waals surface area (Å²) >= 11 is 0. The summed E-state index contributed by atoms with van der Waals surface area (Å²) in [6.07, 6.45) is 0.331. The SMILES string of the molecule is CC(C)(NC(=O)CN1C(=O)[C@H](N=[N+]=[N-])C[C@H](c2ccccc2)c2ccccc21)c1ccccc1. The Bertz CT molecular complexity index is 1220. The molecule has 2 atom stereocenters. The number of rotatable bonds is 6. The van der Waals surface area contributed by atoms with Crippen LogP contribution in [0.3, 0.4) is 0 Å². The first-order valence-electron chi connectivity index (χ1n) is 11.3. The Labute approximate surface area is 199 Å². The number of amides is 2. The molecule has 1 heterocycles. The number of nitrogens with zero attached hydrogens (tertiary/aromatic N) is 4. The molecule has 7 nitrogen and oxygen atoms in total. The molecule has 4 rings (SSSR count). The third kappa shape index (κ3) is 4.80. The van der Waals surface area contributed by atoms with E-state index in [2.05, 4.69) is 15.3 Å². The van der Waals surface area contributed by atoms with Gasteiger partial charge in [0.05, 0.1) is 5.54 Å². The summed E-state index contributed by atoms with van der Waals surface area (Å²) in [7, 11) is 0. The maximum atomic E-state index is 13.5. The van der Waals surface area contributed by atoms with E-state index < -0.39 is 11.6 Å². The minimum absolute atomic E-state index is 0.148. The van der Waals surface area contributed by atoms with Crippen LogP contribution < -0.4 is 10.2 Å². The highest BCUT2D eigenvalue weighted by molar-refractivity contribution is 6.03. The number of carbonyl (C=O) groups excluding carboxylic acids is 2. The van der Waals surface area contributed by atoms with E-state index in [1.165, 1.54) is 4.90 Å². The van der Waals surface area contributed by atoms with Gasteiger partial charge in [0.1, 0.15) is 12.6 Å². The molecule has 0 unspecified atom stereocenters. The molecule has 0 bridgehead atoms. The first-order valence-corrected chi connectivity index (χ1v) is 11.3. The second kappa shape index (κ2) is 9.81. The predicted molar refractivity (Wildman–Crippen MR) is 132 cm³/mol. The van der Waals surface area contributed by atoms with Gasteiger partial charge in [-0.2, -0.15) is 0 Å². The molecule has 0 saturated carbocycles. The molecule has 0 saturated heterocycles. The number of anilines is 1. The monoisotopic (exact) mass is 453 g/mol. The lowest BCUT2D eigenvalue weighted by Crippen LogP contribution is -2.49. The first kappa shape index (κ1) is 23.1. The Kier molecular flexibility index (Phi) is 6.66. The van der Waals surface area contributed by atoms with Gasteiger partial charge in [-0.25, -0.2) is 0 Å². The fourth-order valence-electron chi connectivity index (χ4n) is 4.56. The third-order valence-electron chi connectivity index (χ3n) is 6.26. The van der Waals surface area contributed by atoms with Gasteiger partial charge in [0, 0.05) is 16.5 Å². The molecule has 3 aromatic carbocycles. The summed E-state index contributed by atoms with van der Waals surface area (Å²) in [5.74, 6) is -0.822. The quantitative estimate of drug-likeness (QED) is 0.312. The molecule has 0 fully saturated rings. The van der Waals surface area contributed by atoms with Gasteiger partial charge < -0.3 is 10.2 Å². The van der Waals surface area contributed by atoms with E-state index in [9.17, 15) is 9.59 Å². The van der Waals surface area contributed by atoms with Crippen molar-refractivity contribution >= 4 is 17.5 Å². The summed E-state index contributed by atoms with van der Waals surface area (Å²) in [4.78, 5) is 31.1. The molecular formula is C27H27N5O2. The highest BCUT2D eigenvalue weighted by Crippen LogP contribution is 2.39. The number of benzene rings is 3. The van der Waals surface area contributed by atoms with Crippen molar-refractivity contribution in [2.75, 3.05) is 11.4 Å². The van der Waals surface area contributed by atoms with Crippen molar-refractivity contribution < 1.29 is 9.59 Å². The van der Waals surface area contributed by atoms with Crippen LogP contribution in [0.5, 0.6) is 0 Å². The molecule has 0 aliphatic carbocycles. The largest absolute Gasteiger partial charge is 0.346 e. The first-order chi connectivity index (χ1) is 16.4. The Morgan fingerprint density at radius 1 is 1.03 bits per heavy atom. The number of azide groups is 1. The zero-order valence-electron chi connectivity index (χ0n) is 19.3. The van der Waals surface area contributed by atoms with Gasteiger partial charge >= 0.3 is 0 Å². The van der Waals surface area contributed by atoms with E-state index in [1.54, 1.807) is 0 Å². The van der Waals surface area contributed by atoms with Crippen molar-refractivity contribution in [2.45, 2.75) is 37.8 Å². The number of para-hydroxylation sites is 1. The summed E-state index contributed by atoms with van der Waals surface area (Å²) in [6.45, 7) is 3.67. The van der Waals surface area contributed by atoms with Gasteiger partial charge in [-0.05, 0) is 48.6 Å². The molecule has 1 N–H and O–H groups in total. The Morgan fingerprint density at radius 2 is 1.65 bits per heavy atom. The second-order valence-corrected chi connectivity index (χ2v) is 8.94. The van der Waals surface area contributed by atoms with Crippen molar-refractivity contribution in [3.63, 3.8) is 0 Å². The highest BCUT2D eigenvalue weighted by atomic mass is 16.2. The number of carbonyl (C=O) groups is 2. The minimum Gasteiger partial charge on any atom is -0.346 e. The normalized spacial score (nSPS) is 17.8. The van der Waals surface area contributed by atoms with Crippen LogP contribution in [-0.4, -0.2) is 24.4 Å². The van der Waals surface area contributed by atoms with Gasteiger partial charge in [-0.3, -0.25) is 9.59 Å². The van der Waals surface area contributed by atoms with Crippen LogP contribution >= 0.6 is 0 Å². The standard InChI is InChI=1S/C27H27N5O2/c1-27(2,20-13-7-4-8-14-20)29-25(33)18-32-24-16-10-9-15-21(24)22(19-11-5-3-6-12-19)17-23(26(32)34)30-31-28/h3-16,22-23H,17-18H2,1-2H3,(H,29,33)/t22-,23-/m1/s1. The molecule has 7 heteroatoms. The van der Waals surface area contributed by atoms with E-state index in [0.717, 1.165) is 16.7 Å². The van der Waals surface area contributed by atoms with Crippen LogP contribution in [-0.2, 0) is 15.1 Å². The van der Waals surface area contributed by atoms with Crippen LogP contribution in [0.25, 0.3) is 10.4 Å². The van der Waals surface area contributed by atoms with E-state index >= 15 is 0 Å². The predicted octanol–water partition coefficient (Wildman–Crippen LogP) is 5.29. The van der Waals surface area contributed by atoms with Crippen molar-refractivity contribution in [1.29, 1.82) is 0 Å². The molecule has 1 aliphatic heterocycles. The maximum Gasteiger partial charge on any atom is 0.240 e.